The molecule has 0 aromatic heterocycles. The third kappa shape index (κ3) is 2.51. The molecule has 2 aliphatic heterocycles. The number of carbonyl (C=O) groups excluding carboxylic acids is 1. The van der Waals surface area contributed by atoms with Gasteiger partial charge in [0.25, 0.3) is 0 Å². The van der Waals surface area contributed by atoms with Gasteiger partial charge >= 0.3 is 0 Å². The summed E-state index contributed by atoms with van der Waals surface area (Å²) in [4.78, 5) is 14.6. The maximum Gasteiger partial charge on any atom is 0.227 e. The van der Waals surface area contributed by atoms with E-state index in [1.165, 1.54) is 5.56 Å². The molecule has 2 aliphatic rings. The minimum Gasteiger partial charge on any atom is -0.316 e. The molecule has 1 fully saturated rings. The lowest BCUT2D eigenvalue weighted by Crippen LogP contribution is -2.35. The molecule has 0 radical (unpaired) electrons. The van der Waals surface area contributed by atoms with Gasteiger partial charge in [0.05, 0.1) is 0 Å². The van der Waals surface area contributed by atoms with Crippen molar-refractivity contribution >= 4 is 27.5 Å². The molecular formula is C16H21BrN2O. The number of halogens is 1. The Bertz CT molecular complexity index is 535. The number of carbonyl (C=O) groups is 1. The highest BCUT2D eigenvalue weighted by Gasteiger charge is 2.38. The van der Waals surface area contributed by atoms with Gasteiger partial charge in [-0.2, -0.15) is 0 Å². The molecule has 1 saturated heterocycles. The van der Waals surface area contributed by atoms with Gasteiger partial charge in [-0.15, -0.1) is 0 Å². The summed E-state index contributed by atoms with van der Waals surface area (Å²) in [6, 6.07) is 6.25. The fourth-order valence-corrected chi connectivity index (χ4v) is 3.68. The van der Waals surface area contributed by atoms with E-state index in [4.69, 9.17) is 0 Å². The number of nitrogens with one attached hydrogen (secondary N) is 1. The van der Waals surface area contributed by atoms with Crippen molar-refractivity contribution < 1.29 is 4.79 Å². The average molecular weight is 337 g/mol. The Balaban J connectivity index is 1.83. The summed E-state index contributed by atoms with van der Waals surface area (Å²) in [5, 5.41) is 3.33. The number of fused-ring (bicyclic) bond motifs is 1. The van der Waals surface area contributed by atoms with E-state index in [2.05, 4.69) is 47.2 Å². The zero-order valence-corrected chi connectivity index (χ0v) is 13.7. The van der Waals surface area contributed by atoms with Gasteiger partial charge in [0, 0.05) is 28.5 Å². The van der Waals surface area contributed by atoms with Gasteiger partial charge < -0.3 is 10.2 Å². The van der Waals surface area contributed by atoms with Crippen molar-refractivity contribution in [2.45, 2.75) is 32.1 Å². The molecule has 0 spiro atoms. The maximum absolute atomic E-state index is 12.6. The molecule has 2 heterocycles. The highest BCUT2D eigenvalue weighted by molar-refractivity contribution is 9.10. The lowest BCUT2D eigenvalue weighted by Gasteiger charge is -2.22. The minimum atomic E-state index is 0.0305. The van der Waals surface area contributed by atoms with Gasteiger partial charge in [0.2, 0.25) is 5.91 Å². The summed E-state index contributed by atoms with van der Waals surface area (Å²) < 4.78 is 1.08. The molecule has 4 heteroatoms. The number of amides is 1. The number of benzene rings is 1. The Kier molecular flexibility index (Phi) is 3.63. The summed E-state index contributed by atoms with van der Waals surface area (Å²) >= 11 is 3.53. The standard InChI is InChI=1S/C16H21BrN2O/c1-16(2)10-19(14-4-3-12(17)8-13(14)16)15(20)7-11-5-6-18-9-11/h3-4,8,11,18H,5-7,9-10H2,1-2H3/t11-/m0/s1. The zero-order valence-electron chi connectivity index (χ0n) is 12.1. The molecule has 20 heavy (non-hydrogen) atoms. The van der Waals surface area contributed by atoms with Crippen LogP contribution in [0.15, 0.2) is 22.7 Å². The first-order valence-corrected chi connectivity index (χ1v) is 8.08. The highest BCUT2D eigenvalue weighted by Crippen LogP contribution is 2.42. The van der Waals surface area contributed by atoms with Crippen molar-refractivity contribution in [3.05, 3.63) is 28.2 Å². The third-order valence-electron chi connectivity index (χ3n) is 4.46. The molecule has 0 unspecified atom stereocenters. The summed E-state index contributed by atoms with van der Waals surface area (Å²) in [5.41, 5.74) is 2.39. The number of hydrogen-bond acceptors (Lipinski definition) is 2. The Hall–Kier alpha value is -0.870. The van der Waals surface area contributed by atoms with Gasteiger partial charge in [-0.3, -0.25) is 4.79 Å². The first kappa shape index (κ1) is 14.1. The third-order valence-corrected chi connectivity index (χ3v) is 4.95. The number of nitrogens with zero attached hydrogens (tertiary/aromatic N) is 1. The fourth-order valence-electron chi connectivity index (χ4n) is 3.32. The Morgan fingerprint density at radius 3 is 3.00 bits per heavy atom. The van der Waals surface area contributed by atoms with Crippen molar-refractivity contribution in [2.75, 3.05) is 24.5 Å². The van der Waals surface area contributed by atoms with Gasteiger partial charge in [0.15, 0.2) is 0 Å². The van der Waals surface area contributed by atoms with E-state index in [-0.39, 0.29) is 11.3 Å². The lowest BCUT2D eigenvalue weighted by molar-refractivity contribution is -0.119. The molecule has 0 bridgehead atoms. The Morgan fingerprint density at radius 2 is 2.30 bits per heavy atom. The quantitative estimate of drug-likeness (QED) is 0.900. The van der Waals surface area contributed by atoms with Crippen molar-refractivity contribution in [3.8, 4) is 0 Å². The van der Waals surface area contributed by atoms with Crippen LogP contribution in [0.1, 0.15) is 32.3 Å². The van der Waals surface area contributed by atoms with E-state index >= 15 is 0 Å². The van der Waals surface area contributed by atoms with Crippen LogP contribution in [0.5, 0.6) is 0 Å². The second kappa shape index (κ2) is 5.15. The lowest BCUT2D eigenvalue weighted by atomic mass is 9.87. The largest absolute Gasteiger partial charge is 0.316 e. The van der Waals surface area contributed by atoms with Crippen LogP contribution < -0.4 is 10.2 Å². The summed E-state index contributed by atoms with van der Waals surface area (Å²) in [7, 11) is 0. The van der Waals surface area contributed by atoms with Crippen LogP contribution in [0.2, 0.25) is 0 Å². The van der Waals surface area contributed by atoms with Crippen LogP contribution in [0.25, 0.3) is 0 Å². The SMILES string of the molecule is CC1(C)CN(C(=O)C[C@@H]2CCNC2)c2ccc(Br)cc21. The summed E-state index contributed by atoms with van der Waals surface area (Å²) in [5.74, 6) is 0.776. The smallest absolute Gasteiger partial charge is 0.227 e. The highest BCUT2D eigenvalue weighted by atomic mass is 79.9. The first-order valence-electron chi connectivity index (χ1n) is 7.28. The number of rotatable bonds is 2. The van der Waals surface area contributed by atoms with Crippen molar-refractivity contribution in [1.29, 1.82) is 0 Å². The minimum absolute atomic E-state index is 0.0305. The maximum atomic E-state index is 12.6. The molecule has 0 aliphatic carbocycles. The molecular weight excluding hydrogens is 316 g/mol. The van der Waals surface area contributed by atoms with Gasteiger partial charge in [-0.1, -0.05) is 29.8 Å². The van der Waals surface area contributed by atoms with E-state index in [9.17, 15) is 4.79 Å². The number of anilines is 1. The predicted octanol–water partition coefficient (Wildman–Crippen LogP) is 3.07. The first-order chi connectivity index (χ1) is 9.47. The predicted molar refractivity (Wildman–Crippen MR) is 85.1 cm³/mol. The van der Waals surface area contributed by atoms with Crippen LogP contribution in [0.3, 0.4) is 0 Å². The fraction of sp³-hybridized carbons (Fsp3) is 0.562. The van der Waals surface area contributed by atoms with E-state index in [1.54, 1.807) is 0 Å². The van der Waals surface area contributed by atoms with Gasteiger partial charge in [-0.05, 0) is 49.2 Å². The van der Waals surface area contributed by atoms with E-state index in [0.29, 0.717) is 12.3 Å². The van der Waals surface area contributed by atoms with E-state index < -0.39 is 0 Å². The normalized spacial score (nSPS) is 23.9. The van der Waals surface area contributed by atoms with Gasteiger partial charge in [0.1, 0.15) is 0 Å². The second-order valence-corrected chi connectivity index (χ2v) is 7.50. The molecule has 1 aromatic rings. The molecule has 3 nitrogen and oxygen atoms in total. The van der Waals surface area contributed by atoms with E-state index in [0.717, 1.165) is 36.2 Å². The average Bonchev–Trinajstić information content (AvgIpc) is 2.97. The molecule has 1 atom stereocenters. The summed E-state index contributed by atoms with van der Waals surface area (Å²) in [6.45, 7) is 7.24. The topological polar surface area (TPSA) is 32.3 Å². The number of hydrogen-bond donors (Lipinski definition) is 1. The van der Waals surface area contributed by atoms with Crippen LogP contribution in [0.4, 0.5) is 5.69 Å². The van der Waals surface area contributed by atoms with Crippen LogP contribution in [-0.2, 0) is 10.2 Å². The van der Waals surface area contributed by atoms with E-state index in [1.807, 2.05) is 11.0 Å². The Morgan fingerprint density at radius 1 is 1.50 bits per heavy atom. The monoisotopic (exact) mass is 336 g/mol. The van der Waals surface area contributed by atoms with Crippen LogP contribution in [-0.4, -0.2) is 25.5 Å². The van der Waals surface area contributed by atoms with Gasteiger partial charge in [-0.25, -0.2) is 0 Å². The molecule has 108 valence electrons. The zero-order chi connectivity index (χ0) is 14.3. The summed E-state index contributed by atoms with van der Waals surface area (Å²) in [6.07, 6.45) is 1.79. The molecule has 1 aromatic carbocycles. The van der Waals surface area contributed by atoms with Crippen molar-refractivity contribution in [3.63, 3.8) is 0 Å². The van der Waals surface area contributed by atoms with Crippen molar-refractivity contribution in [1.82, 2.24) is 5.32 Å². The Labute approximate surface area is 128 Å². The van der Waals surface area contributed by atoms with Crippen LogP contribution in [0, 0.1) is 5.92 Å². The molecule has 1 amide bonds. The van der Waals surface area contributed by atoms with Crippen LogP contribution >= 0.6 is 15.9 Å². The molecule has 0 saturated carbocycles. The van der Waals surface area contributed by atoms with Crippen molar-refractivity contribution in [2.24, 2.45) is 5.92 Å². The molecule has 3 rings (SSSR count). The molecule has 1 N–H and O–H groups in total. The second-order valence-electron chi connectivity index (χ2n) is 6.59.